The summed E-state index contributed by atoms with van der Waals surface area (Å²) in [5.74, 6) is 2.36. The van der Waals surface area contributed by atoms with Crippen molar-refractivity contribution >= 4 is 5.91 Å². The number of allylic oxidation sites excluding steroid dienone is 3. The average molecular weight is 278 g/mol. The minimum absolute atomic E-state index is 0.0105. The summed E-state index contributed by atoms with van der Waals surface area (Å²) in [5, 5.41) is 3.48. The Hall–Kier alpha value is -1.61. The lowest BCUT2D eigenvalue weighted by molar-refractivity contribution is -0.148. The van der Waals surface area contributed by atoms with Crippen LogP contribution in [0, 0.1) is 12.3 Å². The van der Waals surface area contributed by atoms with Gasteiger partial charge in [-0.05, 0) is 32.4 Å². The van der Waals surface area contributed by atoms with Crippen LogP contribution in [0.2, 0.25) is 0 Å². The lowest BCUT2D eigenvalue weighted by Gasteiger charge is -2.33. The van der Waals surface area contributed by atoms with E-state index in [1.165, 1.54) is 7.11 Å². The van der Waals surface area contributed by atoms with Gasteiger partial charge < -0.3 is 9.47 Å². The minimum Gasteiger partial charge on any atom is -0.375 e. The van der Waals surface area contributed by atoms with E-state index in [2.05, 4.69) is 5.92 Å². The molecular weight excluding hydrogens is 256 g/mol. The van der Waals surface area contributed by atoms with Crippen molar-refractivity contribution in [1.29, 1.82) is 0 Å². The van der Waals surface area contributed by atoms with Crippen molar-refractivity contribution in [3.05, 3.63) is 22.9 Å². The van der Waals surface area contributed by atoms with Gasteiger partial charge in [0.05, 0.1) is 12.3 Å². The lowest BCUT2D eigenvalue weighted by atomic mass is 10.1. The summed E-state index contributed by atoms with van der Waals surface area (Å²) in [6.45, 7) is 7.46. The number of methoxy groups -OCH3 is 1. The van der Waals surface area contributed by atoms with E-state index in [4.69, 9.17) is 15.9 Å². The second-order valence-corrected chi connectivity index (χ2v) is 4.75. The molecule has 1 amide bonds. The van der Waals surface area contributed by atoms with Gasteiger partial charge in [0, 0.05) is 13.7 Å². The molecule has 0 radical (unpaired) electrons. The van der Waals surface area contributed by atoms with Gasteiger partial charge in [-0.2, -0.15) is 5.01 Å². The molecule has 0 unspecified atom stereocenters. The lowest BCUT2D eigenvalue weighted by Crippen LogP contribution is -2.46. The molecule has 110 valence electrons. The van der Waals surface area contributed by atoms with Crippen LogP contribution in [-0.2, 0) is 14.3 Å². The molecule has 0 aromatic rings. The van der Waals surface area contributed by atoms with Gasteiger partial charge in [0.15, 0.2) is 0 Å². The molecule has 1 saturated heterocycles. The number of hydrogen-bond acceptors (Lipinski definition) is 4. The van der Waals surface area contributed by atoms with Crippen molar-refractivity contribution in [1.82, 2.24) is 10.0 Å². The number of terminal acetylenes is 1. The van der Waals surface area contributed by atoms with Crippen molar-refractivity contribution < 1.29 is 14.3 Å². The number of ether oxygens (including phenoxy) is 2. The van der Waals surface area contributed by atoms with E-state index < -0.39 is 0 Å². The van der Waals surface area contributed by atoms with Crippen molar-refractivity contribution in [3.8, 4) is 12.3 Å². The Morgan fingerprint density at radius 3 is 2.65 bits per heavy atom. The average Bonchev–Trinajstić information content (AvgIpc) is 2.88. The van der Waals surface area contributed by atoms with Crippen LogP contribution in [-0.4, -0.2) is 49.5 Å². The van der Waals surface area contributed by atoms with Crippen LogP contribution in [0.25, 0.3) is 0 Å². The van der Waals surface area contributed by atoms with E-state index in [-0.39, 0.29) is 12.5 Å². The maximum atomic E-state index is 12.4. The molecular formula is C15H22N2O3. The van der Waals surface area contributed by atoms with E-state index >= 15 is 0 Å². The maximum absolute atomic E-state index is 12.4. The van der Waals surface area contributed by atoms with Gasteiger partial charge in [0.1, 0.15) is 13.3 Å². The van der Waals surface area contributed by atoms with E-state index in [0.717, 1.165) is 16.8 Å². The molecule has 1 aliphatic heterocycles. The van der Waals surface area contributed by atoms with E-state index in [1.54, 1.807) is 11.1 Å². The molecule has 0 saturated carbocycles. The second-order valence-electron chi connectivity index (χ2n) is 4.75. The van der Waals surface area contributed by atoms with Crippen molar-refractivity contribution in [3.63, 3.8) is 0 Å². The number of hydrogen-bond donors (Lipinski definition) is 0. The van der Waals surface area contributed by atoms with Gasteiger partial charge in [-0.15, -0.1) is 6.42 Å². The monoisotopic (exact) mass is 278 g/mol. The molecule has 0 aromatic carbocycles. The van der Waals surface area contributed by atoms with Crippen LogP contribution in [0.1, 0.15) is 20.8 Å². The van der Waals surface area contributed by atoms with Crippen molar-refractivity contribution in [2.24, 2.45) is 0 Å². The molecule has 0 spiro atoms. The topological polar surface area (TPSA) is 42.0 Å². The summed E-state index contributed by atoms with van der Waals surface area (Å²) >= 11 is 0. The molecule has 0 bridgehead atoms. The standard InChI is InChI=1S/C15H22N2O3/c1-6-7-13(4)15(12(2)3)17(14(18)10-19-5)16-8-9-20-11-16/h1,7H,8-11H2,2-5H3/b13-7-. The molecule has 0 aromatic heterocycles. The first-order valence-corrected chi connectivity index (χ1v) is 6.48. The molecule has 0 N–H and O–H groups in total. The van der Waals surface area contributed by atoms with Crippen molar-refractivity contribution in [2.45, 2.75) is 20.8 Å². The molecule has 1 rings (SSSR count). The number of amides is 1. The first-order valence-electron chi connectivity index (χ1n) is 6.48. The summed E-state index contributed by atoms with van der Waals surface area (Å²) in [7, 11) is 1.50. The Labute approximate surface area is 120 Å². The Morgan fingerprint density at radius 1 is 1.50 bits per heavy atom. The number of carbonyl (C=O) groups excluding carboxylic acids is 1. The zero-order valence-corrected chi connectivity index (χ0v) is 12.6. The highest BCUT2D eigenvalue weighted by Gasteiger charge is 2.29. The first kappa shape index (κ1) is 16.4. The second kappa shape index (κ2) is 7.85. The van der Waals surface area contributed by atoms with Gasteiger partial charge in [0.25, 0.3) is 5.91 Å². The van der Waals surface area contributed by atoms with Crippen LogP contribution in [0.15, 0.2) is 22.9 Å². The quantitative estimate of drug-likeness (QED) is 0.565. The summed E-state index contributed by atoms with van der Waals surface area (Å²) in [6.07, 6.45) is 7.00. The minimum atomic E-state index is -0.140. The zero-order valence-electron chi connectivity index (χ0n) is 12.6. The largest absolute Gasteiger partial charge is 0.375 e. The molecule has 5 nitrogen and oxygen atoms in total. The van der Waals surface area contributed by atoms with Gasteiger partial charge >= 0.3 is 0 Å². The number of hydrazine groups is 1. The zero-order chi connectivity index (χ0) is 15.1. The van der Waals surface area contributed by atoms with Gasteiger partial charge in [0.2, 0.25) is 0 Å². The Morgan fingerprint density at radius 2 is 2.20 bits per heavy atom. The SMILES string of the molecule is C#C/C=C(/C)C(=C(C)C)N(C(=O)COC)N1CCOC1. The van der Waals surface area contributed by atoms with E-state index in [9.17, 15) is 4.79 Å². The Bertz CT molecular complexity index is 450. The van der Waals surface area contributed by atoms with Crippen LogP contribution in [0.4, 0.5) is 0 Å². The third-order valence-electron chi connectivity index (χ3n) is 2.88. The molecule has 5 heteroatoms. The number of rotatable bonds is 5. The fourth-order valence-corrected chi connectivity index (χ4v) is 2.14. The summed E-state index contributed by atoms with van der Waals surface area (Å²) in [5.41, 5.74) is 2.67. The Balaban J connectivity index is 3.19. The predicted molar refractivity (Wildman–Crippen MR) is 77.2 cm³/mol. The number of carbonyl (C=O) groups is 1. The molecule has 1 heterocycles. The number of nitrogens with zero attached hydrogens (tertiary/aromatic N) is 2. The molecule has 0 atom stereocenters. The normalized spacial score (nSPS) is 15.8. The van der Waals surface area contributed by atoms with E-state index in [1.807, 2.05) is 25.8 Å². The highest BCUT2D eigenvalue weighted by molar-refractivity contribution is 5.80. The van der Waals surface area contributed by atoms with Gasteiger partial charge in [-0.25, -0.2) is 5.01 Å². The summed E-state index contributed by atoms with van der Waals surface area (Å²) in [6, 6.07) is 0. The predicted octanol–water partition coefficient (Wildman–Crippen LogP) is 1.54. The van der Waals surface area contributed by atoms with E-state index in [0.29, 0.717) is 19.9 Å². The highest BCUT2D eigenvalue weighted by atomic mass is 16.5. The molecule has 1 aliphatic rings. The fourth-order valence-electron chi connectivity index (χ4n) is 2.14. The fraction of sp³-hybridized carbons (Fsp3) is 0.533. The highest BCUT2D eigenvalue weighted by Crippen LogP contribution is 2.23. The van der Waals surface area contributed by atoms with Crippen LogP contribution >= 0.6 is 0 Å². The molecule has 20 heavy (non-hydrogen) atoms. The van der Waals surface area contributed by atoms with Gasteiger partial charge in [-0.3, -0.25) is 4.79 Å². The van der Waals surface area contributed by atoms with Crippen LogP contribution < -0.4 is 0 Å². The first-order chi connectivity index (χ1) is 9.52. The van der Waals surface area contributed by atoms with Crippen LogP contribution in [0.3, 0.4) is 0 Å². The molecule has 0 aliphatic carbocycles. The smallest absolute Gasteiger partial charge is 0.267 e. The maximum Gasteiger partial charge on any atom is 0.267 e. The van der Waals surface area contributed by atoms with Gasteiger partial charge in [-0.1, -0.05) is 11.5 Å². The Kier molecular flexibility index (Phi) is 6.46. The molecule has 1 fully saturated rings. The van der Waals surface area contributed by atoms with Crippen molar-refractivity contribution in [2.75, 3.05) is 33.6 Å². The van der Waals surface area contributed by atoms with Crippen LogP contribution in [0.5, 0.6) is 0 Å². The third kappa shape index (κ3) is 3.94. The summed E-state index contributed by atoms with van der Waals surface area (Å²) in [4.78, 5) is 12.4. The third-order valence-corrected chi connectivity index (χ3v) is 2.88. The summed E-state index contributed by atoms with van der Waals surface area (Å²) < 4.78 is 10.3.